The van der Waals surface area contributed by atoms with Gasteiger partial charge in [0.15, 0.2) is 6.17 Å². The SMILES string of the molecule is [CH2]CC(F)(F)[C@H](F)C(F)(F)C(F)CF. The molecule has 0 aliphatic carbocycles. The number of alkyl halides is 7. The molecule has 0 aliphatic rings. The van der Waals surface area contributed by atoms with Gasteiger partial charge in [-0.1, -0.05) is 0 Å². The van der Waals surface area contributed by atoms with Crippen LogP contribution in [0, 0.1) is 6.92 Å². The van der Waals surface area contributed by atoms with Crippen molar-refractivity contribution in [2.24, 2.45) is 0 Å². The van der Waals surface area contributed by atoms with Crippen molar-refractivity contribution in [2.45, 2.75) is 30.6 Å². The second-order valence-corrected chi connectivity index (χ2v) is 2.67. The van der Waals surface area contributed by atoms with Crippen LogP contribution >= 0.6 is 0 Å². The Morgan fingerprint density at radius 1 is 1.07 bits per heavy atom. The fourth-order valence-corrected chi connectivity index (χ4v) is 0.670. The fourth-order valence-electron chi connectivity index (χ4n) is 0.670. The van der Waals surface area contributed by atoms with Gasteiger partial charge >= 0.3 is 5.92 Å². The van der Waals surface area contributed by atoms with E-state index in [0.29, 0.717) is 0 Å². The first-order valence-corrected chi connectivity index (χ1v) is 3.59. The molecule has 1 radical (unpaired) electrons. The predicted octanol–water partition coefficient (Wildman–Crippen LogP) is 3.13. The molecular weight excluding hydrogens is 217 g/mol. The predicted molar refractivity (Wildman–Crippen MR) is 35.6 cm³/mol. The zero-order valence-electron chi connectivity index (χ0n) is 6.92. The van der Waals surface area contributed by atoms with Crippen molar-refractivity contribution < 1.29 is 30.7 Å². The summed E-state index contributed by atoms with van der Waals surface area (Å²) in [4.78, 5) is 0. The first-order valence-electron chi connectivity index (χ1n) is 3.59. The highest BCUT2D eigenvalue weighted by Gasteiger charge is 2.59. The lowest BCUT2D eigenvalue weighted by Crippen LogP contribution is -2.50. The standard InChI is InChI=1S/C7H8F7/c1-2-6(11,12)5(10)7(13,14)4(9)3-8/h4-5H,1-3H2/t4?,5-/m0/s1. The average Bonchev–Trinajstić information content (AvgIpc) is 2.15. The molecule has 1 unspecified atom stereocenters. The van der Waals surface area contributed by atoms with Crippen LogP contribution in [0.25, 0.3) is 0 Å². The van der Waals surface area contributed by atoms with Crippen LogP contribution in [0.15, 0.2) is 0 Å². The minimum Gasteiger partial charge on any atom is -0.248 e. The molecule has 7 heteroatoms. The van der Waals surface area contributed by atoms with Gasteiger partial charge in [-0.15, -0.1) is 0 Å². The molecule has 0 aromatic carbocycles. The van der Waals surface area contributed by atoms with Gasteiger partial charge in [0.1, 0.15) is 6.67 Å². The first kappa shape index (κ1) is 13.5. The minimum atomic E-state index is -5.05. The van der Waals surface area contributed by atoms with Crippen LogP contribution in [0.3, 0.4) is 0 Å². The summed E-state index contributed by atoms with van der Waals surface area (Å²) in [6.45, 7) is 0.316. The zero-order chi connectivity index (χ0) is 11.6. The van der Waals surface area contributed by atoms with Crippen molar-refractivity contribution in [3.8, 4) is 0 Å². The Labute approximate surface area is 76.1 Å². The molecule has 0 spiro atoms. The molecule has 0 nitrogen and oxygen atoms in total. The molecule has 2 atom stereocenters. The molecule has 0 heterocycles. The molecule has 0 fully saturated rings. The molecule has 0 saturated heterocycles. The molecule has 0 rings (SSSR count). The van der Waals surface area contributed by atoms with Crippen molar-refractivity contribution >= 4 is 0 Å². The maximum absolute atomic E-state index is 12.4. The van der Waals surface area contributed by atoms with Gasteiger partial charge in [-0.25, -0.2) is 22.0 Å². The maximum Gasteiger partial charge on any atom is 0.317 e. The monoisotopic (exact) mass is 225 g/mol. The van der Waals surface area contributed by atoms with Crippen LogP contribution in [0.4, 0.5) is 30.7 Å². The molecule has 0 amide bonds. The van der Waals surface area contributed by atoms with E-state index in [9.17, 15) is 30.7 Å². The highest BCUT2D eigenvalue weighted by atomic mass is 19.3. The quantitative estimate of drug-likeness (QED) is 0.630. The third-order valence-electron chi connectivity index (χ3n) is 1.60. The summed E-state index contributed by atoms with van der Waals surface area (Å²) in [7, 11) is 0. The highest BCUT2D eigenvalue weighted by Crippen LogP contribution is 2.39. The summed E-state index contributed by atoms with van der Waals surface area (Å²) in [5.41, 5.74) is 0. The van der Waals surface area contributed by atoms with Crippen molar-refractivity contribution in [1.82, 2.24) is 0 Å². The van der Waals surface area contributed by atoms with Gasteiger partial charge in [-0.05, 0) is 6.92 Å². The largest absolute Gasteiger partial charge is 0.317 e. The summed E-state index contributed by atoms with van der Waals surface area (Å²) in [6.07, 6.45) is -9.10. The van der Waals surface area contributed by atoms with Crippen molar-refractivity contribution in [3.63, 3.8) is 0 Å². The Balaban J connectivity index is 4.73. The van der Waals surface area contributed by atoms with E-state index in [1.807, 2.05) is 0 Å². The molecule has 0 aliphatic heterocycles. The van der Waals surface area contributed by atoms with Crippen LogP contribution in [0.2, 0.25) is 0 Å². The van der Waals surface area contributed by atoms with Crippen LogP contribution < -0.4 is 0 Å². The lowest BCUT2D eigenvalue weighted by Gasteiger charge is -2.27. The van der Waals surface area contributed by atoms with Gasteiger partial charge < -0.3 is 0 Å². The molecule has 14 heavy (non-hydrogen) atoms. The molecule has 0 aromatic heterocycles. The molecule has 0 saturated carbocycles. The van der Waals surface area contributed by atoms with E-state index in [0.717, 1.165) is 0 Å². The van der Waals surface area contributed by atoms with Crippen molar-refractivity contribution in [2.75, 3.05) is 6.67 Å². The van der Waals surface area contributed by atoms with Gasteiger partial charge in [-0.3, -0.25) is 0 Å². The van der Waals surface area contributed by atoms with Gasteiger partial charge in [0.2, 0.25) is 6.17 Å². The average molecular weight is 225 g/mol. The second kappa shape index (κ2) is 4.35. The third-order valence-corrected chi connectivity index (χ3v) is 1.60. The summed E-state index contributed by atoms with van der Waals surface area (Å²) >= 11 is 0. The van der Waals surface area contributed by atoms with E-state index in [2.05, 4.69) is 6.92 Å². The Kier molecular flexibility index (Phi) is 4.20. The summed E-state index contributed by atoms with van der Waals surface area (Å²) in [5, 5.41) is 0. The van der Waals surface area contributed by atoms with Crippen LogP contribution in [-0.4, -0.2) is 30.9 Å². The summed E-state index contributed by atoms with van der Waals surface area (Å²) in [5.74, 6) is -9.51. The molecule has 0 aromatic rings. The Morgan fingerprint density at radius 2 is 1.50 bits per heavy atom. The second-order valence-electron chi connectivity index (χ2n) is 2.67. The summed E-state index contributed by atoms with van der Waals surface area (Å²) in [6, 6.07) is 0. The van der Waals surface area contributed by atoms with E-state index >= 15 is 0 Å². The van der Waals surface area contributed by atoms with Crippen molar-refractivity contribution in [3.05, 3.63) is 6.92 Å². The van der Waals surface area contributed by atoms with Gasteiger partial charge in [-0.2, -0.15) is 8.78 Å². The molecular formula is C7H8F7. The smallest absolute Gasteiger partial charge is 0.248 e. The zero-order valence-corrected chi connectivity index (χ0v) is 6.92. The first-order chi connectivity index (χ1) is 6.20. The number of hydrogen-bond donors (Lipinski definition) is 0. The van der Waals surface area contributed by atoms with E-state index in [1.165, 1.54) is 0 Å². The number of rotatable bonds is 5. The highest BCUT2D eigenvalue weighted by molar-refractivity contribution is 4.93. The van der Waals surface area contributed by atoms with E-state index in [1.54, 1.807) is 0 Å². The lowest BCUT2D eigenvalue weighted by molar-refractivity contribution is -0.207. The fraction of sp³-hybridized carbons (Fsp3) is 0.857. The number of hydrogen-bond acceptors (Lipinski definition) is 0. The van der Waals surface area contributed by atoms with E-state index in [-0.39, 0.29) is 0 Å². The van der Waals surface area contributed by atoms with Gasteiger partial charge in [0.05, 0.1) is 0 Å². The van der Waals surface area contributed by atoms with E-state index < -0.39 is 37.3 Å². The third kappa shape index (κ3) is 2.51. The van der Waals surface area contributed by atoms with Crippen LogP contribution in [0.1, 0.15) is 6.42 Å². The van der Waals surface area contributed by atoms with Crippen molar-refractivity contribution in [1.29, 1.82) is 0 Å². The molecule has 0 N–H and O–H groups in total. The normalized spacial score (nSPS) is 18.0. The van der Waals surface area contributed by atoms with Crippen LogP contribution in [0.5, 0.6) is 0 Å². The topological polar surface area (TPSA) is 0 Å². The van der Waals surface area contributed by atoms with Gasteiger partial charge in [0, 0.05) is 6.42 Å². The minimum absolute atomic E-state index is 1.46. The van der Waals surface area contributed by atoms with E-state index in [4.69, 9.17) is 0 Å². The Morgan fingerprint density at radius 3 is 1.79 bits per heavy atom. The summed E-state index contributed by atoms with van der Waals surface area (Å²) < 4.78 is 85.5. The molecule has 85 valence electrons. The Bertz CT molecular complexity index is 179. The maximum atomic E-state index is 12.4. The number of halogens is 7. The van der Waals surface area contributed by atoms with Gasteiger partial charge in [0.25, 0.3) is 5.92 Å². The lowest BCUT2D eigenvalue weighted by atomic mass is 10.0. The van der Waals surface area contributed by atoms with Crippen LogP contribution in [-0.2, 0) is 0 Å². The molecule has 0 bridgehead atoms. The Hall–Kier alpha value is -0.490.